The van der Waals surface area contributed by atoms with Crippen molar-refractivity contribution in [1.29, 1.82) is 0 Å². The maximum atomic E-state index is 12.6. The van der Waals surface area contributed by atoms with E-state index in [0.717, 1.165) is 5.56 Å². The Morgan fingerprint density at radius 2 is 1.50 bits per heavy atom. The third-order valence-corrected chi connectivity index (χ3v) is 5.21. The first-order chi connectivity index (χ1) is 13.4. The summed E-state index contributed by atoms with van der Waals surface area (Å²) in [5.74, 6) is 0.416. The van der Waals surface area contributed by atoms with E-state index in [2.05, 4.69) is 4.99 Å². The third-order valence-electron chi connectivity index (χ3n) is 4.12. The van der Waals surface area contributed by atoms with Gasteiger partial charge in [-0.3, -0.25) is 34.9 Å². The largest absolute Gasteiger partial charge is 0.289 e. The van der Waals surface area contributed by atoms with Gasteiger partial charge < -0.3 is 0 Å². The molecule has 1 amide bonds. The predicted molar refractivity (Wildman–Crippen MR) is 105 cm³/mol. The molecule has 0 radical (unpaired) electrons. The Morgan fingerprint density at radius 3 is 2.04 bits per heavy atom. The van der Waals surface area contributed by atoms with Crippen LogP contribution in [0.15, 0.2) is 53.5 Å². The zero-order valence-electron chi connectivity index (χ0n) is 14.7. The summed E-state index contributed by atoms with van der Waals surface area (Å²) in [6.07, 6.45) is 0.134. The fourth-order valence-electron chi connectivity index (χ4n) is 2.65. The Morgan fingerprint density at radius 1 is 0.964 bits per heavy atom. The van der Waals surface area contributed by atoms with Gasteiger partial charge in [-0.2, -0.15) is 0 Å². The maximum absolute atomic E-state index is 12.6. The molecule has 0 fully saturated rings. The van der Waals surface area contributed by atoms with Crippen molar-refractivity contribution in [3.63, 3.8) is 0 Å². The molecule has 0 aliphatic carbocycles. The number of nitrogens with zero attached hydrogens (tertiary/aromatic N) is 4. The van der Waals surface area contributed by atoms with Gasteiger partial charge in [0.25, 0.3) is 11.4 Å². The fourth-order valence-corrected chi connectivity index (χ4v) is 3.67. The zero-order chi connectivity index (χ0) is 20.1. The smallest absolute Gasteiger partial charge is 0.269 e. The van der Waals surface area contributed by atoms with E-state index in [-0.39, 0.29) is 23.7 Å². The van der Waals surface area contributed by atoms with Gasteiger partial charge in [-0.15, -0.1) is 0 Å². The maximum Gasteiger partial charge on any atom is 0.269 e. The van der Waals surface area contributed by atoms with Crippen molar-refractivity contribution in [2.45, 2.75) is 12.2 Å². The molecule has 2 aromatic rings. The molecule has 0 unspecified atom stereocenters. The van der Waals surface area contributed by atoms with Crippen LogP contribution in [-0.2, 0) is 17.0 Å². The summed E-state index contributed by atoms with van der Waals surface area (Å²) in [5.41, 5.74) is 1.61. The number of nitro benzene ring substituents is 2. The van der Waals surface area contributed by atoms with Crippen molar-refractivity contribution in [2.75, 3.05) is 13.1 Å². The van der Waals surface area contributed by atoms with Crippen molar-refractivity contribution >= 4 is 34.2 Å². The first kappa shape index (κ1) is 19.5. The first-order valence-electron chi connectivity index (χ1n) is 8.38. The molecule has 144 valence electrons. The fraction of sp³-hybridized carbons (Fsp3) is 0.222. The summed E-state index contributed by atoms with van der Waals surface area (Å²) in [6, 6.07) is 12.2. The van der Waals surface area contributed by atoms with Crippen LogP contribution in [-0.4, -0.2) is 38.9 Å². The van der Waals surface area contributed by atoms with E-state index in [1.54, 1.807) is 29.2 Å². The highest BCUT2D eigenvalue weighted by Crippen LogP contribution is 2.22. The molecular formula is C18H16N4O5S. The van der Waals surface area contributed by atoms with Gasteiger partial charge in [-0.05, 0) is 11.1 Å². The van der Waals surface area contributed by atoms with Crippen LogP contribution in [0, 0.1) is 20.2 Å². The number of aliphatic imine (C=N–C) groups is 1. The number of hydrogen-bond acceptors (Lipinski definition) is 7. The van der Waals surface area contributed by atoms with Crippen molar-refractivity contribution < 1.29 is 14.6 Å². The summed E-state index contributed by atoms with van der Waals surface area (Å²) < 4.78 is 0. The number of non-ortho nitro benzene ring substituents is 2. The van der Waals surface area contributed by atoms with Gasteiger partial charge in [-0.25, -0.2) is 0 Å². The van der Waals surface area contributed by atoms with Crippen LogP contribution < -0.4 is 0 Å². The predicted octanol–water partition coefficient (Wildman–Crippen LogP) is 3.18. The number of rotatable bonds is 6. The lowest BCUT2D eigenvalue weighted by Crippen LogP contribution is -2.34. The quantitative estimate of drug-likeness (QED) is 0.543. The minimum absolute atomic E-state index is 0.0155. The van der Waals surface area contributed by atoms with E-state index in [4.69, 9.17) is 0 Å². The van der Waals surface area contributed by atoms with Crippen LogP contribution in [0.3, 0.4) is 0 Å². The Kier molecular flexibility index (Phi) is 5.99. The normalized spacial score (nSPS) is 13.3. The van der Waals surface area contributed by atoms with Crippen LogP contribution >= 0.6 is 11.8 Å². The van der Waals surface area contributed by atoms with Crippen LogP contribution in [0.4, 0.5) is 11.4 Å². The van der Waals surface area contributed by atoms with Crippen LogP contribution in [0.1, 0.15) is 11.1 Å². The van der Waals surface area contributed by atoms with Gasteiger partial charge in [0.2, 0.25) is 5.91 Å². The van der Waals surface area contributed by atoms with Crippen LogP contribution in [0.5, 0.6) is 0 Å². The number of amides is 1. The monoisotopic (exact) mass is 400 g/mol. The second-order valence-corrected chi connectivity index (χ2v) is 6.96. The second-order valence-electron chi connectivity index (χ2n) is 6.02. The summed E-state index contributed by atoms with van der Waals surface area (Å²) in [6.45, 7) is 1.02. The Bertz CT molecular complexity index is 928. The van der Waals surface area contributed by atoms with Gasteiger partial charge in [0.05, 0.1) is 22.8 Å². The summed E-state index contributed by atoms with van der Waals surface area (Å²) in [5, 5.41) is 22.0. The number of benzene rings is 2. The molecule has 3 rings (SSSR count). The molecule has 1 aliphatic rings. The zero-order valence-corrected chi connectivity index (χ0v) is 15.5. The van der Waals surface area contributed by atoms with E-state index < -0.39 is 9.85 Å². The summed E-state index contributed by atoms with van der Waals surface area (Å²) in [7, 11) is 0. The average molecular weight is 400 g/mol. The number of thioether (sulfide) groups is 1. The number of amidine groups is 1. The van der Waals surface area contributed by atoms with Crippen molar-refractivity contribution in [3.8, 4) is 0 Å². The molecular weight excluding hydrogens is 384 g/mol. The highest BCUT2D eigenvalue weighted by atomic mass is 32.2. The summed E-state index contributed by atoms with van der Waals surface area (Å²) >= 11 is 1.40. The van der Waals surface area contributed by atoms with Crippen molar-refractivity contribution in [2.24, 2.45) is 4.99 Å². The molecule has 0 atom stereocenters. The number of carbonyl (C=O) groups excluding carboxylic acids is 1. The number of carbonyl (C=O) groups is 1. The third kappa shape index (κ3) is 4.71. The van der Waals surface area contributed by atoms with Crippen LogP contribution in [0.2, 0.25) is 0 Å². The molecule has 28 heavy (non-hydrogen) atoms. The van der Waals surface area contributed by atoms with E-state index in [1.165, 1.54) is 36.0 Å². The first-order valence-corrected chi connectivity index (χ1v) is 9.37. The highest BCUT2D eigenvalue weighted by molar-refractivity contribution is 8.13. The van der Waals surface area contributed by atoms with Gasteiger partial charge in [0.15, 0.2) is 5.17 Å². The second kappa shape index (κ2) is 8.61. The lowest BCUT2D eigenvalue weighted by atomic mass is 10.1. The summed E-state index contributed by atoms with van der Waals surface area (Å²) in [4.78, 5) is 39.1. The lowest BCUT2D eigenvalue weighted by molar-refractivity contribution is -0.385. The molecule has 1 aliphatic heterocycles. The molecule has 10 heteroatoms. The molecule has 0 bridgehead atoms. The van der Waals surface area contributed by atoms with Gasteiger partial charge in [-0.1, -0.05) is 36.0 Å². The lowest BCUT2D eigenvalue weighted by Gasteiger charge is -2.18. The van der Waals surface area contributed by atoms with Gasteiger partial charge in [0.1, 0.15) is 0 Å². The molecule has 9 nitrogen and oxygen atoms in total. The highest BCUT2D eigenvalue weighted by Gasteiger charge is 2.24. The van der Waals surface area contributed by atoms with E-state index in [1.807, 2.05) is 0 Å². The molecule has 0 spiro atoms. The Labute approximate surface area is 164 Å². The molecule has 0 saturated carbocycles. The topological polar surface area (TPSA) is 119 Å². The molecule has 1 heterocycles. The molecule has 2 aromatic carbocycles. The number of nitro groups is 2. The van der Waals surface area contributed by atoms with E-state index in [0.29, 0.717) is 29.6 Å². The van der Waals surface area contributed by atoms with E-state index in [9.17, 15) is 25.0 Å². The van der Waals surface area contributed by atoms with Gasteiger partial charge >= 0.3 is 0 Å². The molecule has 0 N–H and O–H groups in total. The Hall–Kier alpha value is -3.27. The minimum atomic E-state index is -0.480. The van der Waals surface area contributed by atoms with Crippen molar-refractivity contribution in [1.82, 2.24) is 4.90 Å². The minimum Gasteiger partial charge on any atom is -0.289 e. The standard InChI is InChI=1S/C18H16N4O5S/c23-17(11-13-1-5-15(6-2-13)21(24)25)20-10-9-19-18(20)28-12-14-3-7-16(8-4-14)22(26)27/h1-8H,9-12H2. The molecule has 0 aromatic heterocycles. The van der Waals surface area contributed by atoms with E-state index >= 15 is 0 Å². The average Bonchev–Trinajstić information content (AvgIpc) is 3.16. The van der Waals surface area contributed by atoms with Crippen LogP contribution in [0.25, 0.3) is 0 Å². The van der Waals surface area contributed by atoms with Gasteiger partial charge in [0, 0.05) is 36.6 Å². The molecule has 0 saturated heterocycles. The SMILES string of the molecule is O=C(Cc1ccc([N+](=O)[O-])cc1)N1CCN=C1SCc1ccc([N+](=O)[O-])cc1. The number of hydrogen-bond donors (Lipinski definition) is 0. The Balaban J connectivity index is 1.58. The van der Waals surface area contributed by atoms with Crippen molar-refractivity contribution in [3.05, 3.63) is 79.9 Å².